The number of anilines is 2. The molecule has 148 valence electrons. The van der Waals surface area contributed by atoms with Crippen LogP contribution < -0.4 is 15.4 Å². The average Bonchev–Trinajstić information content (AvgIpc) is 2.90. The van der Waals surface area contributed by atoms with Crippen LogP contribution in [-0.2, 0) is 14.3 Å². The summed E-state index contributed by atoms with van der Waals surface area (Å²) in [5.41, 5.74) is 0.733. The summed E-state index contributed by atoms with van der Waals surface area (Å²) in [5.74, 6) is -1.35. The Hall–Kier alpha value is -2.87. The molecule has 0 spiro atoms. The molecule has 2 amide bonds. The molecule has 0 radical (unpaired) electrons. The zero-order valence-corrected chi connectivity index (χ0v) is 17.2. The van der Waals surface area contributed by atoms with E-state index in [9.17, 15) is 14.4 Å². The van der Waals surface area contributed by atoms with Gasteiger partial charge in [0.1, 0.15) is 10.8 Å². The fraction of sp³-hybridized carbons (Fsp3) is 0.350. The summed E-state index contributed by atoms with van der Waals surface area (Å²) < 4.78 is 10.9. The van der Waals surface area contributed by atoms with Crippen LogP contribution in [0.2, 0.25) is 0 Å². The Kier molecular flexibility index (Phi) is 5.16. The normalized spacial score (nSPS) is 18.0. The highest BCUT2D eigenvalue weighted by atomic mass is 32.1. The number of ether oxygens (including phenoxy) is 2. The number of amides is 2. The molecule has 2 heterocycles. The van der Waals surface area contributed by atoms with E-state index in [1.54, 1.807) is 26.0 Å². The van der Waals surface area contributed by atoms with Gasteiger partial charge in [0.05, 0.1) is 17.9 Å². The van der Waals surface area contributed by atoms with Gasteiger partial charge in [-0.25, -0.2) is 4.79 Å². The first-order valence-corrected chi connectivity index (χ1v) is 9.68. The van der Waals surface area contributed by atoms with Crippen molar-refractivity contribution in [2.24, 2.45) is 0 Å². The van der Waals surface area contributed by atoms with E-state index >= 15 is 0 Å². The lowest BCUT2D eigenvalue weighted by atomic mass is 10.0. The minimum atomic E-state index is -1.78. The van der Waals surface area contributed by atoms with Crippen molar-refractivity contribution in [3.63, 3.8) is 0 Å². The third kappa shape index (κ3) is 3.35. The molecule has 1 aromatic heterocycles. The molecule has 2 aromatic rings. The number of carbonyl (C=O) groups is 3. The fourth-order valence-electron chi connectivity index (χ4n) is 2.87. The van der Waals surface area contributed by atoms with Crippen molar-refractivity contribution in [2.75, 3.05) is 17.2 Å². The van der Waals surface area contributed by atoms with Crippen molar-refractivity contribution in [1.29, 1.82) is 0 Å². The molecule has 0 saturated heterocycles. The van der Waals surface area contributed by atoms with Gasteiger partial charge in [-0.05, 0) is 57.9 Å². The van der Waals surface area contributed by atoms with Crippen LogP contribution in [0.1, 0.15) is 40.2 Å². The Morgan fingerprint density at radius 1 is 1.29 bits per heavy atom. The van der Waals surface area contributed by atoms with E-state index in [-0.39, 0.29) is 6.61 Å². The molecule has 7 nitrogen and oxygen atoms in total. The van der Waals surface area contributed by atoms with Gasteiger partial charge in [0.15, 0.2) is 0 Å². The molecule has 1 aromatic carbocycles. The summed E-state index contributed by atoms with van der Waals surface area (Å²) in [7, 11) is 0. The highest BCUT2D eigenvalue weighted by molar-refractivity contribution is 7.16. The van der Waals surface area contributed by atoms with E-state index in [0.717, 1.165) is 16.0 Å². The molecular weight excluding hydrogens is 380 g/mol. The number of nitrogens with one attached hydrogen (secondary N) is 2. The molecule has 0 saturated carbocycles. The van der Waals surface area contributed by atoms with Crippen LogP contribution >= 0.6 is 11.3 Å². The lowest BCUT2D eigenvalue weighted by Gasteiger charge is -2.33. The summed E-state index contributed by atoms with van der Waals surface area (Å²) >= 11 is 1.25. The van der Waals surface area contributed by atoms with E-state index in [2.05, 4.69) is 10.6 Å². The lowest BCUT2D eigenvalue weighted by molar-refractivity contribution is -0.143. The van der Waals surface area contributed by atoms with Crippen molar-refractivity contribution in [3.05, 3.63) is 39.8 Å². The molecule has 1 unspecified atom stereocenters. The monoisotopic (exact) mass is 402 g/mol. The fourth-order valence-corrected chi connectivity index (χ4v) is 3.92. The first-order valence-electron chi connectivity index (χ1n) is 8.87. The van der Waals surface area contributed by atoms with Crippen LogP contribution in [0.15, 0.2) is 18.2 Å². The predicted octanol–water partition coefficient (Wildman–Crippen LogP) is 3.58. The van der Waals surface area contributed by atoms with E-state index in [1.165, 1.54) is 18.3 Å². The topological polar surface area (TPSA) is 93.7 Å². The van der Waals surface area contributed by atoms with Gasteiger partial charge in [-0.15, -0.1) is 11.3 Å². The highest BCUT2D eigenvalue weighted by Crippen LogP contribution is 2.37. The van der Waals surface area contributed by atoms with Gasteiger partial charge in [0.25, 0.3) is 17.4 Å². The largest absolute Gasteiger partial charge is 0.466 e. The maximum Gasteiger partial charge on any atom is 0.341 e. The summed E-state index contributed by atoms with van der Waals surface area (Å²) in [6.45, 7) is 8.87. The van der Waals surface area contributed by atoms with Gasteiger partial charge in [0, 0.05) is 4.88 Å². The summed E-state index contributed by atoms with van der Waals surface area (Å²) in [5, 5.41) is 5.75. The number of esters is 1. The van der Waals surface area contributed by atoms with E-state index in [4.69, 9.17) is 9.47 Å². The minimum absolute atomic E-state index is 0.222. The number of hydrogen-bond acceptors (Lipinski definition) is 6. The smallest absolute Gasteiger partial charge is 0.341 e. The van der Waals surface area contributed by atoms with Crippen LogP contribution in [0.4, 0.5) is 10.7 Å². The van der Waals surface area contributed by atoms with E-state index < -0.39 is 23.4 Å². The van der Waals surface area contributed by atoms with Crippen molar-refractivity contribution in [3.8, 4) is 5.75 Å². The summed E-state index contributed by atoms with van der Waals surface area (Å²) in [6.07, 6.45) is 0. The molecule has 28 heavy (non-hydrogen) atoms. The second kappa shape index (κ2) is 7.27. The molecule has 0 fully saturated rings. The standard InChI is InChI=1S/C20H22N2O5S/c1-6-26-17(23)15-11(3)12(4)28-16(15)22-19(25)20(5)18(24)21-13-9-10(2)7-8-14(13)27-20/h7-9H,6H2,1-5H3,(H,21,24)(H,22,25). The Morgan fingerprint density at radius 2 is 2.00 bits per heavy atom. The number of rotatable bonds is 4. The minimum Gasteiger partial charge on any atom is -0.466 e. The average molecular weight is 402 g/mol. The van der Waals surface area contributed by atoms with Crippen LogP contribution in [0.5, 0.6) is 5.75 Å². The van der Waals surface area contributed by atoms with Gasteiger partial charge < -0.3 is 20.1 Å². The first-order chi connectivity index (χ1) is 13.2. The molecular formula is C20H22N2O5S. The first kappa shape index (κ1) is 19.9. The maximum absolute atomic E-state index is 13.0. The zero-order chi connectivity index (χ0) is 20.6. The summed E-state index contributed by atoms with van der Waals surface area (Å²) in [4.78, 5) is 38.8. The molecule has 0 bridgehead atoms. The molecule has 2 N–H and O–H groups in total. The van der Waals surface area contributed by atoms with Crippen LogP contribution in [0.3, 0.4) is 0 Å². The molecule has 8 heteroatoms. The van der Waals surface area contributed by atoms with Gasteiger partial charge >= 0.3 is 5.97 Å². The van der Waals surface area contributed by atoms with E-state index in [1.807, 2.05) is 19.9 Å². The number of thiophene rings is 1. The van der Waals surface area contributed by atoms with Gasteiger partial charge in [-0.1, -0.05) is 6.07 Å². The van der Waals surface area contributed by atoms with Crippen molar-refractivity contribution < 1.29 is 23.9 Å². The molecule has 0 aliphatic carbocycles. The third-order valence-corrected chi connectivity index (χ3v) is 5.78. The number of hydrogen-bond donors (Lipinski definition) is 2. The van der Waals surface area contributed by atoms with Gasteiger partial charge in [-0.3, -0.25) is 9.59 Å². The van der Waals surface area contributed by atoms with Gasteiger partial charge in [-0.2, -0.15) is 0 Å². The number of carbonyl (C=O) groups excluding carboxylic acids is 3. The SMILES string of the molecule is CCOC(=O)c1c(NC(=O)C2(C)Oc3ccc(C)cc3NC2=O)sc(C)c1C. The quantitative estimate of drug-likeness (QED) is 0.602. The van der Waals surface area contributed by atoms with Gasteiger partial charge in [0.2, 0.25) is 0 Å². The molecule has 1 aliphatic rings. The third-order valence-electron chi connectivity index (χ3n) is 4.66. The Morgan fingerprint density at radius 3 is 2.68 bits per heavy atom. The van der Waals surface area contributed by atoms with Crippen LogP contribution in [0, 0.1) is 20.8 Å². The molecule has 1 atom stereocenters. The Bertz CT molecular complexity index is 981. The second-order valence-electron chi connectivity index (χ2n) is 6.75. The van der Waals surface area contributed by atoms with E-state index in [0.29, 0.717) is 22.0 Å². The number of aryl methyl sites for hydroxylation is 2. The number of fused-ring (bicyclic) bond motifs is 1. The van der Waals surface area contributed by atoms with Crippen LogP contribution in [0.25, 0.3) is 0 Å². The molecule has 1 aliphatic heterocycles. The maximum atomic E-state index is 13.0. The van der Waals surface area contributed by atoms with Crippen LogP contribution in [-0.4, -0.2) is 30.0 Å². The van der Waals surface area contributed by atoms with Crippen molar-refractivity contribution >= 4 is 39.8 Å². The zero-order valence-electron chi connectivity index (χ0n) is 16.4. The summed E-state index contributed by atoms with van der Waals surface area (Å²) in [6, 6.07) is 5.31. The predicted molar refractivity (Wildman–Crippen MR) is 107 cm³/mol. The Balaban J connectivity index is 1.91. The lowest BCUT2D eigenvalue weighted by Crippen LogP contribution is -2.56. The van der Waals surface area contributed by atoms with Crippen molar-refractivity contribution in [1.82, 2.24) is 0 Å². The van der Waals surface area contributed by atoms with Crippen molar-refractivity contribution in [2.45, 2.75) is 40.2 Å². The Labute approximate surface area is 167 Å². The second-order valence-corrected chi connectivity index (χ2v) is 7.98. The number of benzene rings is 1. The molecule has 3 rings (SSSR count). The highest BCUT2D eigenvalue weighted by Gasteiger charge is 2.47.